The summed E-state index contributed by atoms with van der Waals surface area (Å²) >= 11 is 0. The van der Waals surface area contributed by atoms with E-state index >= 15 is 0 Å². The molecule has 0 aromatic heterocycles. The molecular formula is C14H27N3O2. The van der Waals surface area contributed by atoms with Gasteiger partial charge in [0.15, 0.2) is 0 Å². The smallest absolute Gasteiger partial charge is 0.239 e. The number of primary amides is 1. The summed E-state index contributed by atoms with van der Waals surface area (Å²) in [7, 11) is 3.62. The van der Waals surface area contributed by atoms with Gasteiger partial charge in [-0.25, -0.2) is 0 Å². The number of nitrogens with one attached hydrogen (secondary N) is 1. The number of ether oxygens (including phenoxy) is 1. The second-order valence-electron chi connectivity index (χ2n) is 6.33. The zero-order chi connectivity index (χ0) is 14.1. The van der Waals surface area contributed by atoms with E-state index in [1.54, 1.807) is 7.11 Å². The van der Waals surface area contributed by atoms with E-state index in [-0.39, 0.29) is 11.5 Å². The summed E-state index contributed by atoms with van der Waals surface area (Å²) in [5, 5.41) is 3.21. The van der Waals surface area contributed by atoms with E-state index < -0.39 is 5.54 Å². The first-order valence-corrected chi connectivity index (χ1v) is 7.22. The molecule has 0 bridgehead atoms. The number of amides is 1. The molecule has 2 rings (SSSR count). The van der Waals surface area contributed by atoms with Gasteiger partial charge < -0.3 is 15.8 Å². The minimum Gasteiger partial charge on any atom is -0.377 e. The molecule has 5 nitrogen and oxygen atoms in total. The van der Waals surface area contributed by atoms with Gasteiger partial charge in [-0.1, -0.05) is 0 Å². The fourth-order valence-electron chi connectivity index (χ4n) is 3.35. The van der Waals surface area contributed by atoms with Crippen molar-refractivity contribution in [2.45, 2.75) is 43.7 Å². The van der Waals surface area contributed by atoms with Gasteiger partial charge in [0.25, 0.3) is 0 Å². The second kappa shape index (κ2) is 5.38. The van der Waals surface area contributed by atoms with Crippen LogP contribution in [0.4, 0.5) is 0 Å². The van der Waals surface area contributed by atoms with Crippen molar-refractivity contribution in [3.63, 3.8) is 0 Å². The average Bonchev–Trinajstić information content (AvgIpc) is 3.20. The zero-order valence-electron chi connectivity index (χ0n) is 12.4. The van der Waals surface area contributed by atoms with Crippen LogP contribution in [0.5, 0.6) is 0 Å². The van der Waals surface area contributed by atoms with Gasteiger partial charge in [-0.3, -0.25) is 9.69 Å². The molecule has 1 heterocycles. The van der Waals surface area contributed by atoms with Crippen molar-refractivity contribution in [1.29, 1.82) is 0 Å². The number of likely N-dealkylation sites (tertiary alicyclic amines) is 1. The highest BCUT2D eigenvalue weighted by atomic mass is 16.5. The maximum Gasteiger partial charge on any atom is 0.239 e. The standard InChI is InChI=1S/C14H27N3O2/c1-13(19-3)7-4-8-17(9-13)10-14(16-2,12(15)18)11-5-6-11/h11,16H,4-10H2,1-3H3,(H2,15,18). The third-order valence-electron chi connectivity index (χ3n) is 4.86. The Labute approximate surface area is 115 Å². The second-order valence-corrected chi connectivity index (χ2v) is 6.33. The summed E-state index contributed by atoms with van der Waals surface area (Å²) in [6, 6.07) is 0. The largest absolute Gasteiger partial charge is 0.377 e. The molecule has 1 aliphatic heterocycles. The minimum absolute atomic E-state index is 0.0983. The molecule has 1 amide bonds. The Kier molecular flexibility index (Phi) is 4.18. The lowest BCUT2D eigenvalue weighted by atomic mass is 9.88. The molecule has 110 valence electrons. The number of rotatable bonds is 6. The maximum atomic E-state index is 11.9. The van der Waals surface area contributed by atoms with E-state index in [4.69, 9.17) is 10.5 Å². The molecule has 2 aliphatic rings. The van der Waals surface area contributed by atoms with E-state index in [0.717, 1.165) is 38.8 Å². The fourth-order valence-corrected chi connectivity index (χ4v) is 3.35. The Morgan fingerprint density at radius 1 is 1.58 bits per heavy atom. The molecular weight excluding hydrogens is 242 g/mol. The molecule has 1 aliphatic carbocycles. The SMILES string of the molecule is CNC(CN1CCCC(C)(OC)C1)(C(N)=O)C1CC1. The first kappa shape index (κ1) is 14.8. The van der Waals surface area contributed by atoms with Crippen LogP contribution in [0.2, 0.25) is 0 Å². The van der Waals surface area contributed by atoms with Crippen molar-refractivity contribution in [2.24, 2.45) is 11.7 Å². The lowest BCUT2D eigenvalue weighted by Gasteiger charge is -2.43. The molecule has 1 saturated heterocycles. The number of nitrogens with two attached hydrogens (primary N) is 1. The number of hydrogen-bond donors (Lipinski definition) is 2. The summed E-state index contributed by atoms with van der Waals surface area (Å²) in [6.07, 6.45) is 4.37. The first-order valence-electron chi connectivity index (χ1n) is 7.22. The third-order valence-corrected chi connectivity index (χ3v) is 4.86. The van der Waals surface area contributed by atoms with Crippen LogP contribution >= 0.6 is 0 Å². The van der Waals surface area contributed by atoms with Crippen molar-refractivity contribution in [2.75, 3.05) is 33.8 Å². The Morgan fingerprint density at radius 2 is 2.26 bits per heavy atom. The van der Waals surface area contributed by atoms with Crippen LogP contribution in [0.15, 0.2) is 0 Å². The summed E-state index contributed by atoms with van der Waals surface area (Å²) in [5.41, 5.74) is 5.02. The van der Waals surface area contributed by atoms with Crippen LogP contribution in [0.1, 0.15) is 32.6 Å². The van der Waals surface area contributed by atoms with Crippen molar-refractivity contribution in [3.8, 4) is 0 Å². The molecule has 0 aromatic rings. The third kappa shape index (κ3) is 2.93. The van der Waals surface area contributed by atoms with Crippen LogP contribution < -0.4 is 11.1 Å². The van der Waals surface area contributed by atoms with Crippen molar-refractivity contribution < 1.29 is 9.53 Å². The molecule has 5 heteroatoms. The highest BCUT2D eigenvalue weighted by Crippen LogP contribution is 2.40. The highest BCUT2D eigenvalue weighted by molar-refractivity contribution is 5.86. The summed E-state index contributed by atoms with van der Waals surface area (Å²) in [4.78, 5) is 14.3. The maximum absolute atomic E-state index is 11.9. The lowest BCUT2D eigenvalue weighted by Crippen LogP contribution is -2.64. The minimum atomic E-state index is -0.564. The summed E-state index contributed by atoms with van der Waals surface area (Å²) in [6.45, 7) is 4.72. The normalized spacial score (nSPS) is 31.9. The Hall–Kier alpha value is -0.650. The van der Waals surface area contributed by atoms with Gasteiger partial charge in [0.2, 0.25) is 5.91 Å². The van der Waals surface area contributed by atoms with Crippen LogP contribution in [-0.4, -0.2) is 55.7 Å². The van der Waals surface area contributed by atoms with E-state index in [9.17, 15) is 4.79 Å². The number of carbonyl (C=O) groups is 1. The number of nitrogens with zero attached hydrogens (tertiary/aromatic N) is 1. The molecule has 1 saturated carbocycles. The first-order chi connectivity index (χ1) is 8.96. The Bertz CT molecular complexity index is 346. The van der Waals surface area contributed by atoms with Crippen LogP contribution in [0, 0.1) is 5.92 Å². The molecule has 3 N–H and O–H groups in total. The van der Waals surface area contributed by atoms with Crippen molar-refractivity contribution >= 4 is 5.91 Å². The van der Waals surface area contributed by atoms with Gasteiger partial charge in [-0.2, -0.15) is 0 Å². The fraction of sp³-hybridized carbons (Fsp3) is 0.929. The van der Waals surface area contributed by atoms with Gasteiger partial charge in [-0.05, 0) is 52.1 Å². The molecule has 2 fully saturated rings. The van der Waals surface area contributed by atoms with Gasteiger partial charge in [0, 0.05) is 20.2 Å². The van der Waals surface area contributed by atoms with E-state index in [0.29, 0.717) is 12.5 Å². The van der Waals surface area contributed by atoms with Crippen molar-refractivity contribution in [3.05, 3.63) is 0 Å². The topological polar surface area (TPSA) is 67.6 Å². The van der Waals surface area contributed by atoms with E-state index in [2.05, 4.69) is 17.1 Å². The van der Waals surface area contributed by atoms with Crippen LogP contribution in [0.25, 0.3) is 0 Å². The van der Waals surface area contributed by atoms with E-state index in [1.807, 2.05) is 7.05 Å². The monoisotopic (exact) mass is 269 g/mol. The van der Waals surface area contributed by atoms with Crippen LogP contribution in [0.3, 0.4) is 0 Å². The average molecular weight is 269 g/mol. The molecule has 19 heavy (non-hydrogen) atoms. The Morgan fingerprint density at radius 3 is 2.74 bits per heavy atom. The van der Waals surface area contributed by atoms with Crippen molar-refractivity contribution in [1.82, 2.24) is 10.2 Å². The van der Waals surface area contributed by atoms with Gasteiger partial charge >= 0.3 is 0 Å². The van der Waals surface area contributed by atoms with Crippen LogP contribution in [-0.2, 0) is 9.53 Å². The quantitative estimate of drug-likeness (QED) is 0.730. The van der Waals surface area contributed by atoms with Gasteiger partial charge in [0.1, 0.15) is 5.54 Å². The lowest BCUT2D eigenvalue weighted by molar-refractivity contribution is -0.127. The highest BCUT2D eigenvalue weighted by Gasteiger charge is 2.50. The predicted molar refractivity (Wildman–Crippen MR) is 74.8 cm³/mol. The van der Waals surface area contributed by atoms with Gasteiger partial charge in [-0.15, -0.1) is 0 Å². The molecule has 0 spiro atoms. The number of carbonyl (C=O) groups excluding carboxylic acids is 1. The zero-order valence-corrected chi connectivity index (χ0v) is 12.4. The molecule has 0 radical (unpaired) electrons. The molecule has 0 aromatic carbocycles. The number of likely N-dealkylation sites (N-methyl/N-ethyl adjacent to an activating group) is 1. The number of methoxy groups -OCH3 is 1. The Balaban J connectivity index is 2.07. The van der Waals surface area contributed by atoms with Gasteiger partial charge in [0.05, 0.1) is 5.60 Å². The molecule has 2 atom stereocenters. The number of hydrogen-bond acceptors (Lipinski definition) is 4. The van der Waals surface area contributed by atoms with E-state index in [1.165, 1.54) is 0 Å². The number of piperidine rings is 1. The summed E-state index contributed by atoms with van der Waals surface area (Å²) < 4.78 is 5.62. The predicted octanol–water partition coefficient (Wildman–Crippen LogP) is 0.341. The molecule has 2 unspecified atom stereocenters. The summed E-state index contributed by atoms with van der Waals surface area (Å²) in [5.74, 6) is 0.174.